The van der Waals surface area contributed by atoms with Crippen molar-refractivity contribution in [2.45, 2.75) is 43.0 Å². The molecule has 0 amide bonds. The smallest absolute Gasteiger partial charge is 0.408 e. The van der Waals surface area contributed by atoms with Crippen molar-refractivity contribution in [2.75, 3.05) is 11.0 Å². The van der Waals surface area contributed by atoms with E-state index in [2.05, 4.69) is 34.0 Å². The molecule has 2 aromatic carbocycles. The molecule has 2 heterocycles. The lowest BCUT2D eigenvalue weighted by molar-refractivity contribution is 0.356. The average Bonchev–Trinajstić information content (AvgIpc) is 3.34. The fraction of sp³-hybridized carbons (Fsp3) is 0.318. The average molecular weight is 475 g/mol. The molecule has 1 N–H and O–H groups in total. The topological polar surface area (TPSA) is 90.0 Å². The van der Waals surface area contributed by atoms with Gasteiger partial charge in [0.1, 0.15) is 12.1 Å². The number of nitrogens with one attached hydrogen (secondary N) is 1. The van der Waals surface area contributed by atoms with E-state index >= 15 is 4.39 Å². The SMILES string of the molecule is CC1(C)CCC(n2c(=O)oc3cc([SH](C)(=O)Nc4ncns4)c(F)cc32)c2ccccc21. The Hall–Kier alpha value is -2.85. The minimum Gasteiger partial charge on any atom is -0.408 e. The van der Waals surface area contributed by atoms with Gasteiger partial charge in [0.25, 0.3) is 0 Å². The number of fused-ring (bicyclic) bond motifs is 2. The number of rotatable bonds is 4. The maximum absolute atomic E-state index is 15.2. The Kier molecular flexibility index (Phi) is 4.82. The number of hydrogen-bond donors (Lipinski definition) is 2. The minimum atomic E-state index is -3.37. The van der Waals surface area contributed by atoms with Gasteiger partial charge in [-0.15, -0.1) is 0 Å². The van der Waals surface area contributed by atoms with E-state index in [-0.39, 0.29) is 21.9 Å². The van der Waals surface area contributed by atoms with Crippen LogP contribution in [-0.2, 0) is 15.5 Å². The van der Waals surface area contributed by atoms with E-state index < -0.39 is 21.7 Å². The summed E-state index contributed by atoms with van der Waals surface area (Å²) >= 11 is 1.03. The Balaban J connectivity index is 1.63. The van der Waals surface area contributed by atoms with Crippen molar-refractivity contribution >= 4 is 37.9 Å². The molecule has 0 aliphatic heterocycles. The molecular formula is C22H23FN4O3S2. The normalized spacial score (nSPS) is 18.4. The van der Waals surface area contributed by atoms with Crippen LogP contribution in [0.4, 0.5) is 9.52 Å². The molecule has 1 atom stereocenters. The molecule has 2 aromatic heterocycles. The second-order valence-corrected chi connectivity index (χ2v) is 12.2. The molecular weight excluding hydrogens is 451 g/mol. The first-order chi connectivity index (χ1) is 15.2. The molecule has 0 spiro atoms. The summed E-state index contributed by atoms with van der Waals surface area (Å²) in [5.41, 5.74) is 2.76. The van der Waals surface area contributed by atoms with E-state index in [1.165, 1.54) is 34.8 Å². The molecule has 0 saturated heterocycles. The van der Waals surface area contributed by atoms with Crippen LogP contribution in [0, 0.1) is 5.82 Å². The lowest BCUT2D eigenvalue weighted by Gasteiger charge is -2.37. The summed E-state index contributed by atoms with van der Waals surface area (Å²) in [6.07, 6.45) is 4.35. The third-order valence-corrected chi connectivity index (χ3v) is 8.85. The lowest BCUT2D eigenvalue weighted by Crippen LogP contribution is -2.32. The van der Waals surface area contributed by atoms with Gasteiger partial charge >= 0.3 is 5.76 Å². The highest BCUT2D eigenvalue weighted by Gasteiger charge is 2.35. The van der Waals surface area contributed by atoms with E-state index in [9.17, 15) is 9.00 Å². The molecule has 32 heavy (non-hydrogen) atoms. The first-order valence-corrected chi connectivity index (χ1v) is 13.2. The van der Waals surface area contributed by atoms with E-state index in [1.54, 1.807) is 0 Å². The minimum absolute atomic E-state index is 0.0140. The summed E-state index contributed by atoms with van der Waals surface area (Å²) in [4.78, 5) is 16.8. The quantitative estimate of drug-likeness (QED) is 0.431. The molecule has 7 nitrogen and oxygen atoms in total. The molecule has 1 aliphatic carbocycles. The van der Waals surface area contributed by atoms with Crippen LogP contribution in [0.15, 0.2) is 56.8 Å². The highest BCUT2D eigenvalue weighted by Crippen LogP contribution is 2.43. The van der Waals surface area contributed by atoms with E-state index in [1.807, 2.05) is 18.2 Å². The van der Waals surface area contributed by atoms with Gasteiger partial charge in [0.2, 0.25) is 5.13 Å². The van der Waals surface area contributed by atoms with Crippen LogP contribution in [0.1, 0.15) is 43.9 Å². The van der Waals surface area contributed by atoms with Crippen LogP contribution in [-0.4, -0.2) is 24.4 Å². The third-order valence-electron chi connectivity index (χ3n) is 6.22. The van der Waals surface area contributed by atoms with Crippen molar-refractivity contribution < 1.29 is 13.0 Å². The zero-order valence-corrected chi connectivity index (χ0v) is 19.5. The van der Waals surface area contributed by atoms with Crippen LogP contribution in [0.2, 0.25) is 0 Å². The number of hydrogen-bond acceptors (Lipinski definition) is 6. The fourth-order valence-corrected chi connectivity index (χ4v) is 6.94. The van der Waals surface area contributed by atoms with Crippen molar-refractivity contribution in [1.29, 1.82) is 0 Å². The maximum atomic E-state index is 15.2. The van der Waals surface area contributed by atoms with E-state index in [4.69, 9.17) is 4.42 Å². The van der Waals surface area contributed by atoms with Gasteiger partial charge in [-0.3, -0.25) is 13.5 Å². The van der Waals surface area contributed by atoms with Crippen LogP contribution in [0.5, 0.6) is 0 Å². The van der Waals surface area contributed by atoms with Gasteiger partial charge in [0, 0.05) is 29.9 Å². The Morgan fingerprint density at radius 2 is 2.09 bits per heavy atom. The third kappa shape index (κ3) is 3.38. The Morgan fingerprint density at radius 3 is 2.84 bits per heavy atom. The molecule has 4 aromatic rings. The molecule has 0 fully saturated rings. The van der Waals surface area contributed by atoms with Gasteiger partial charge in [-0.2, -0.15) is 4.37 Å². The summed E-state index contributed by atoms with van der Waals surface area (Å²) in [5, 5.41) is 0.329. The predicted octanol–water partition coefficient (Wildman–Crippen LogP) is 4.28. The summed E-state index contributed by atoms with van der Waals surface area (Å²) in [6, 6.07) is 10.4. The van der Waals surface area contributed by atoms with Crippen LogP contribution in [0.25, 0.3) is 11.1 Å². The van der Waals surface area contributed by atoms with Crippen molar-refractivity contribution in [3.8, 4) is 0 Å². The summed E-state index contributed by atoms with van der Waals surface area (Å²) in [5.74, 6) is -1.22. The highest BCUT2D eigenvalue weighted by atomic mass is 32.3. The second kappa shape index (κ2) is 7.35. The molecule has 1 unspecified atom stereocenters. The number of anilines is 1. The number of thiol groups is 1. The molecule has 10 heteroatoms. The summed E-state index contributed by atoms with van der Waals surface area (Å²) in [6.45, 7) is 4.38. The number of halogens is 1. The summed E-state index contributed by atoms with van der Waals surface area (Å²) in [7, 11) is -3.37. The van der Waals surface area contributed by atoms with Gasteiger partial charge in [0.15, 0.2) is 5.58 Å². The number of nitrogens with zero attached hydrogens (tertiary/aromatic N) is 3. The van der Waals surface area contributed by atoms with Gasteiger partial charge < -0.3 is 4.42 Å². The van der Waals surface area contributed by atoms with E-state index in [0.29, 0.717) is 10.6 Å². The van der Waals surface area contributed by atoms with Crippen molar-refractivity contribution in [2.24, 2.45) is 0 Å². The zero-order valence-electron chi connectivity index (χ0n) is 17.8. The number of benzene rings is 2. The van der Waals surface area contributed by atoms with Crippen LogP contribution >= 0.6 is 11.5 Å². The highest BCUT2D eigenvalue weighted by molar-refractivity contribution is 8.03. The largest absolute Gasteiger partial charge is 0.420 e. The molecule has 0 radical (unpaired) electrons. The Bertz CT molecular complexity index is 1420. The Morgan fingerprint density at radius 1 is 1.31 bits per heavy atom. The zero-order chi connectivity index (χ0) is 22.7. The maximum Gasteiger partial charge on any atom is 0.420 e. The van der Waals surface area contributed by atoms with E-state index in [0.717, 1.165) is 29.9 Å². The monoisotopic (exact) mass is 474 g/mol. The van der Waals surface area contributed by atoms with Gasteiger partial charge in [0.05, 0.1) is 16.5 Å². The van der Waals surface area contributed by atoms with Crippen LogP contribution in [0.3, 0.4) is 0 Å². The van der Waals surface area contributed by atoms with Crippen LogP contribution < -0.4 is 10.5 Å². The number of oxazole rings is 1. The lowest BCUT2D eigenvalue weighted by atomic mass is 9.71. The molecule has 168 valence electrons. The first kappa shape index (κ1) is 21.0. The van der Waals surface area contributed by atoms with Gasteiger partial charge in [-0.25, -0.2) is 14.2 Å². The van der Waals surface area contributed by atoms with Crippen molar-refractivity contribution in [1.82, 2.24) is 13.9 Å². The molecule has 0 bridgehead atoms. The molecule has 5 rings (SSSR count). The van der Waals surface area contributed by atoms with Gasteiger partial charge in [-0.1, -0.05) is 38.1 Å². The summed E-state index contributed by atoms with van der Waals surface area (Å²) < 4.78 is 42.1. The Labute approximate surface area is 189 Å². The van der Waals surface area contributed by atoms with Gasteiger partial charge in [-0.05, 0) is 39.5 Å². The predicted molar refractivity (Wildman–Crippen MR) is 125 cm³/mol. The van der Waals surface area contributed by atoms with Crippen molar-refractivity contribution in [3.63, 3.8) is 0 Å². The standard InChI is InChI=1S/C22H23FN4O3S2/c1-22(2)9-8-16(13-6-4-5-7-14(13)22)27-17-10-15(23)19(11-18(17)30-21(27)28)32(3,29)26-20-24-12-25-31-20/h4-7,10-12,16,32H,8-9H2,1-3H3,(H,24,25,26,29). The number of aromatic nitrogens is 3. The fourth-order valence-electron chi connectivity index (χ4n) is 4.59. The first-order valence-electron chi connectivity index (χ1n) is 10.2. The second-order valence-electron chi connectivity index (χ2n) is 8.82. The molecule has 0 saturated carbocycles. The van der Waals surface area contributed by atoms with Crippen molar-refractivity contribution in [3.05, 3.63) is 70.2 Å². The molecule has 1 aliphatic rings.